The molecular formula is C17H31N3O3. The van der Waals surface area contributed by atoms with Crippen LogP contribution in [0.15, 0.2) is 0 Å². The molecule has 132 valence electrons. The number of amides is 2. The third-order valence-electron chi connectivity index (χ3n) is 4.38. The predicted molar refractivity (Wildman–Crippen MR) is 89.2 cm³/mol. The summed E-state index contributed by atoms with van der Waals surface area (Å²) in [6.07, 6.45) is 4.78. The SMILES string of the molecule is CC(NC1CC(NC(=O)OC(C)(C)C)C1)C(=O)N1CCCCC1. The van der Waals surface area contributed by atoms with Gasteiger partial charge in [0.25, 0.3) is 0 Å². The smallest absolute Gasteiger partial charge is 0.407 e. The van der Waals surface area contributed by atoms with Crippen molar-refractivity contribution in [2.75, 3.05) is 13.1 Å². The second kappa shape index (κ2) is 7.51. The number of hydrogen-bond acceptors (Lipinski definition) is 4. The second-order valence-corrected chi connectivity index (χ2v) is 7.79. The molecule has 0 aromatic heterocycles. The molecule has 0 bridgehead atoms. The molecular weight excluding hydrogens is 294 g/mol. The summed E-state index contributed by atoms with van der Waals surface area (Å²) in [6, 6.07) is 0.277. The summed E-state index contributed by atoms with van der Waals surface area (Å²) in [5.41, 5.74) is -0.471. The lowest BCUT2D eigenvalue weighted by atomic mass is 9.86. The molecule has 1 unspecified atom stereocenters. The normalized spacial score (nSPS) is 26.2. The Kier molecular flexibility index (Phi) is 5.89. The molecule has 0 aromatic rings. The molecule has 1 saturated carbocycles. The van der Waals surface area contributed by atoms with Crippen LogP contribution in [0.1, 0.15) is 59.8 Å². The molecule has 1 saturated heterocycles. The topological polar surface area (TPSA) is 70.7 Å². The van der Waals surface area contributed by atoms with Gasteiger partial charge in [-0.05, 0) is 59.8 Å². The minimum absolute atomic E-state index is 0.139. The van der Waals surface area contributed by atoms with E-state index < -0.39 is 5.60 Å². The molecule has 0 aromatic carbocycles. The zero-order valence-electron chi connectivity index (χ0n) is 14.9. The summed E-state index contributed by atoms with van der Waals surface area (Å²) >= 11 is 0. The fourth-order valence-electron chi connectivity index (χ4n) is 3.16. The van der Waals surface area contributed by atoms with Crippen LogP contribution in [0.4, 0.5) is 4.79 Å². The van der Waals surface area contributed by atoms with Gasteiger partial charge < -0.3 is 20.3 Å². The van der Waals surface area contributed by atoms with Gasteiger partial charge in [0.05, 0.1) is 6.04 Å². The third kappa shape index (κ3) is 5.68. The van der Waals surface area contributed by atoms with E-state index in [9.17, 15) is 9.59 Å². The fourth-order valence-corrected chi connectivity index (χ4v) is 3.16. The van der Waals surface area contributed by atoms with Crippen molar-refractivity contribution in [3.05, 3.63) is 0 Å². The molecule has 1 aliphatic carbocycles. The molecule has 1 aliphatic heterocycles. The van der Waals surface area contributed by atoms with Gasteiger partial charge in [-0.1, -0.05) is 0 Å². The Morgan fingerprint density at radius 2 is 1.70 bits per heavy atom. The lowest BCUT2D eigenvalue weighted by Gasteiger charge is -2.39. The van der Waals surface area contributed by atoms with Crippen molar-refractivity contribution in [1.29, 1.82) is 0 Å². The Labute approximate surface area is 139 Å². The number of hydrogen-bond donors (Lipinski definition) is 2. The Hall–Kier alpha value is -1.30. The Morgan fingerprint density at radius 1 is 1.09 bits per heavy atom. The number of nitrogens with zero attached hydrogens (tertiary/aromatic N) is 1. The number of likely N-dealkylation sites (tertiary alicyclic amines) is 1. The highest BCUT2D eigenvalue weighted by Crippen LogP contribution is 2.21. The van der Waals surface area contributed by atoms with Gasteiger partial charge in [-0.25, -0.2) is 4.79 Å². The van der Waals surface area contributed by atoms with E-state index in [1.807, 2.05) is 32.6 Å². The molecule has 2 rings (SSSR count). The van der Waals surface area contributed by atoms with E-state index in [1.54, 1.807) is 0 Å². The van der Waals surface area contributed by atoms with E-state index in [0.717, 1.165) is 38.8 Å². The van der Waals surface area contributed by atoms with Crippen molar-refractivity contribution in [2.24, 2.45) is 0 Å². The molecule has 2 N–H and O–H groups in total. The Bertz CT molecular complexity index is 421. The second-order valence-electron chi connectivity index (χ2n) is 7.79. The third-order valence-corrected chi connectivity index (χ3v) is 4.38. The zero-order valence-corrected chi connectivity index (χ0v) is 14.9. The number of alkyl carbamates (subject to hydrolysis) is 1. The number of ether oxygens (including phenoxy) is 1. The van der Waals surface area contributed by atoms with Crippen LogP contribution >= 0.6 is 0 Å². The molecule has 0 radical (unpaired) electrons. The van der Waals surface area contributed by atoms with Gasteiger partial charge in [-0.15, -0.1) is 0 Å². The van der Waals surface area contributed by atoms with E-state index in [1.165, 1.54) is 6.42 Å². The zero-order chi connectivity index (χ0) is 17.0. The lowest BCUT2D eigenvalue weighted by molar-refractivity contribution is -0.134. The van der Waals surface area contributed by atoms with Crippen LogP contribution in [-0.4, -0.2) is 53.7 Å². The van der Waals surface area contributed by atoms with Crippen LogP contribution in [0.2, 0.25) is 0 Å². The largest absolute Gasteiger partial charge is 0.444 e. The number of piperidine rings is 1. The van der Waals surface area contributed by atoms with Gasteiger partial charge in [-0.2, -0.15) is 0 Å². The van der Waals surface area contributed by atoms with Crippen LogP contribution in [0.25, 0.3) is 0 Å². The number of carbonyl (C=O) groups excluding carboxylic acids is 2. The van der Waals surface area contributed by atoms with E-state index in [4.69, 9.17) is 4.74 Å². The first-order chi connectivity index (χ1) is 10.7. The van der Waals surface area contributed by atoms with Gasteiger partial charge in [0.1, 0.15) is 5.60 Å². The van der Waals surface area contributed by atoms with E-state index >= 15 is 0 Å². The average Bonchev–Trinajstić information content (AvgIpc) is 2.43. The highest BCUT2D eigenvalue weighted by molar-refractivity contribution is 5.81. The van der Waals surface area contributed by atoms with E-state index in [0.29, 0.717) is 6.04 Å². The minimum atomic E-state index is -0.471. The summed E-state index contributed by atoms with van der Waals surface area (Å²) < 4.78 is 5.25. The molecule has 23 heavy (non-hydrogen) atoms. The van der Waals surface area contributed by atoms with Crippen molar-refractivity contribution >= 4 is 12.0 Å². The fraction of sp³-hybridized carbons (Fsp3) is 0.882. The van der Waals surface area contributed by atoms with Crippen LogP contribution in [0.5, 0.6) is 0 Å². The van der Waals surface area contributed by atoms with E-state index in [-0.39, 0.29) is 24.1 Å². The average molecular weight is 325 g/mol. The van der Waals surface area contributed by atoms with Gasteiger partial charge >= 0.3 is 6.09 Å². The predicted octanol–water partition coefficient (Wildman–Crippen LogP) is 2.03. The van der Waals surface area contributed by atoms with Crippen molar-refractivity contribution in [1.82, 2.24) is 15.5 Å². The number of carbonyl (C=O) groups is 2. The molecule has 2 aliphatic rings. The van der Waals surface area contributed by atoms with Gasteiger partial charge in [-0.3, -0.25) is 4.79 Å². The summed E-state index contributed by atoms with van der Waals surface area (Å²) in [4.78, 5) is 26.0. The molecule has 2 amide bonds. The number of nitrogens with one attached hydrogen (secondary N) is 2. The quantitative estimate of drug-likeness (QED) is 0.830. The highest BCUT2D eigenvalue weighted by Gasteiger charge is 2.34. The standard InChI is InChI=1S/C17H31N3O3/c1-12(15(21)20-8-6-5-7-9-20)18-13-10-14(11-13)19-16(22)23-17(2,3)4/h12-14,18H,5-11H2,1-4H3,(H,19,22). The summed E-state index contributed by atoms with van der Waals surface area (Å²) in [5, 5.41) is 6.25. The Morgan fingerprint density at radius 3 is 2.26 bits per heavy atom. The minimum Gasteiger partial charge on any atom is -0.444 e. The lowest BCUT2D eigenvalue weighted by Crippen LogP contribution is -2.57. The van der Waals surface area contributed by atoms with Crippen LogP contribution in [0.3, 0.4) is 0 Å². The van der Waals surface area contributed by atoms with Crippen molar-refractivity contribution < 1.29 is 14.3 Å². The van der Waals surface area contributed by atoms with Crippen molar-refractivity contribution in [3.8, 4) is 0 Å². The van der Waals surface area contributed by atoms with Crippen molar-refractivity contribution in [2.45, 2.75) is 83.5 Å². The maximum Gasteiger partial charge on any atom is 0.407 e. The van der Waals surface area contributed by atoms with Crippen LogP contribution in [0, 0.1) is 0 Å². The van der Waals surface area contributed by atoms with Gasteiger partial charge in [0, 0.05) is 25.2 Å². The number of rotatable bonds is 4. The van der Waals surface area contributed by atoms with Crippen LogP contribution < -0.4 is 10.6 Å². The first kappa shape index (κ1) is 18.0. The molecule has 0 spiro atoms. The van der Waals surface area contributed by atoms with Gasteiger partial charge in [0.15, 0.2) is 0 Å². The summed E-state index contributed by atoms with van der Waals surface area (Å²) in [6.45, 7) is 9.27. The molecule has 6 nitrogen and oxygen atoms in total. The summed E-state index contributed by atoms with van der Waals surface area (Å²) in [5.74, 6) is 0.202. The highest BCUT2D eigenvalue weighted by atomic mass is 16.6. The van der Waals surface area contributed by atoms with Crippen LogP contribution in [-0.2, 0) is 9.53 Å². The first-order valence-electron chi connectivity index (χ1n) is 8.79. The first-order valence-corrected chi connectivity index (χ1v) is 8.79. The Balaban J connectivity index is 1.65. The molecule has 2 fully saturated rings. The maximum atomic E-state index is 12.4. The van der Waals surface area contributed by atoms with E-state index in [2.05, 4.69) is 10.6 Å². The molecule has 6 heteroatoms. The monoisotopic (exact) mass is 325 g/mol. The van der Waals surface area contributed by atoms with Gasteiger partial charge in [0.2, 0.25) is 5.91 Å². The maximum absolute atomic E-state index is 12.4. The molecule has 1 atom stereocenters. The molecule has 1 heterocycles. The van der Waals surface area contributed by atoms with Crippen molar-refractivity contribution in [3.63, 3.8) is 0 Å². The summed E-state index contributed by atoms with van der Waals surface area (Å²) in [7, 11) is 0.